The molecule has 1 atom stereocenters. The highest BCUT2D eigenvalue weighted by atomic mass is 35.5. The molecular weight excluding hydrogens is 444 g/mol. The highest BCUT2D eigenvalue weighted by molar-refractivity contribution is 7.99. The van der Waals surface area contributed by atoms with E-state index in [-0.39, 0.29) is 17.8 Å². The lowest BCUT2D eigenvalue weighted by molar-refractivity contribution is -0.113. The van der Waals surface area contributed by atoms with Crippen LogP contribution in [0.15, 0.2) is 60.3 Å². The first kappa shape index (κ1) is 23.9. The van der Waals surface area contributed by atoms with Crippen molar-refractivity contribution in [1.29, 1.82) is 0 Å². The molecule has 1 amide bonds. The van der Waals surface area contributed by atoms with Crippen molar-refractivity contribution < 1.29 is 9.53 Å². The van der Waals surface area contributed by atoms with Gasteiger partial charge in [-0.2, -0.15) is 0 Å². The van der Waals surface area contributed by atoms with E-state index in [1.54, 1.807) is 12.1 Å². The van der Waals surface area contributed by atoms with Gasteiger partial charge in [0.05, 0.1) is 5.75 Å². The lowest BCUT2D eigenvalue weighted by atomic mass is 10.2. The molecule has 6 nitrogen and oxygen atoms in total. The average Bonchev–Trinajstić information content (AvgIpc) is 3.19. The second kappa shape index (κ2) is 11.2. The molecule has 0 aliphatic heterocycles. The van der Waals surface area contributed by atoms with Crippen molar-refractivity contribution >= 4 is 35.0 Å². The van der Waals surface area contributed by atoms with Crippen LogP contribution in [0.4, 0.5) is 5.69 Å². The third-order valence-electron chi connectivity index (χ3n) is 4.94. The fourth-order valence-corrected chi connectivity index (χ4v) is 4.06. The number of aromatic nitrogens is 3. The molecule has 0 spiro atoms. The zero-order valence-electron chi connectivity index (χ0n) is 18.5. The van der Waals surface area contributed by atoms with Crippen LogP contribution in [0.25, 0.3) is 0 Å². The molecule has 3 rings (SSSR count). The summed E-state index contributed by atoms with van der Waals surface area (Å²) >= 11 is 7.45. The number of nitrogens with one attached hydrogen (secondary N) is 1. The van der Waals surface area contributed by atoms with E-state index >= 15 is 0 Å². The predicted molar refractivity (Wildman–Crippen MR) is 131 cm³/mol. The Balaban J connectivity index is 1.67. The van der Waals surface area contributed by atoms with Crippen molar-refractivity contribution in [2.24, 2.45) is 0 Å². The molecule has 3 aromatic rings. The number of benzene rings is 2. The average molecular weight is 471 g/mol. The maximum atomic E-state index is 12.5. The molecule has 0 aliphatic carbocycles. The second-order valence-electron chi connectivity index (χ2n) is 7.25. The minimum atomic E-state index is -0.313. The number of halogens is 1. The Kier molecular flexibility index (Phi) is 8.36. The summed E-state index contributed by atoms with van der Waals surface area (Å²) in [5, 5.41) is 12.8. The first-order valence-corrected chi connectivity index (χ1v) is 11.8. The number of amides is 1. The van der Waals surface area contributed by atoms with Crippen LogP contribution in [0.3, 0.4) is 0 Å². The van der Waals surface area contributed by atoms with Gasteiger partial charge in [0, 0.05) is 17.3 Å². The molecule has 1 unspecified atom stereocenters. The van der Waals surface area contributed by atoms with Crippen molar-refractivity contribution in [3.8, 4) is 5.75 Å². The maximum Gasteiger partial charge on any atom is 0.234 e. The second-order valence-corrected chi connectivity index (χ2v) is 8.60. The van der Waals surface area contributed by atoms with Crippen molar-refractivity contribution in [2.45, 2.75) is 45.0 Å². The van der Waals surface area contributed by atoms with E-state index in [0.29, 0.717) is 28.2 Å². The third kappa shape index (κ3) is 5.93. The third-order valence-corrected chi connectivity index (χ3v) is 6.32. The molecular formula is C24H27ClN4O2S. The van der Waals surface area contributed by atoms with Gasteiger partial charge >= 0.3 is 0 Å². The molecule has 0 fully saturated rings. The summed E-state index contributed by atoms with van der Waals surface area (Å²) in [4.78, 5) is 12.5. The first-order valence-electron chi connectivity index (χ1n) is 10.4. The molecule has 0 saturated carbocycles. The molecule has 1 N–H and O–H groups in total. The smallest absolute Gasteiger partial charge is 0.234 e. The minimum absolute atomic E-state index is 0.143. The molecule has 0 aliphatic rings. The Labute approximate surface area is 198 Å². The Morgan fingerprint density at radius 2 is 2.03 bits per heavy atom. The number of ether oxygens (including phenoxy) is 1. The van der Waals surface area contributed by atoms with Crippen molar-refractivity contribution in [2.75, 3.05) is 11.1 Å². The van der Waals surface area contributed by atoms with Gasteiger partial charge in [-0.3, -0.25) is 9.36 Å². The zero-order valence-corrected chi connectivity index (χ0v) is 20.0. The monoisotopic (exact) mass is 470 g/mol. The number of thioether (sulfide) groups is 1. The summed E-state index contributed by atoms with van der Waals surface area (Å²) < 4.78 is 7.99. The van der Waals surface area contributed by atoms with Crippen molar-refractivity contribution in [1.82, 2.24) is 14.8 Å². The van der Waals surface area contributed by atoms with Gasteiger partial charge in [-0.15, -0.1) is 16.8 Å². The van der Waals surface area contributed by atoms with E-state index in [0.717, 1.165) is 17.7 Å². The number of rotatable bonds is 10. The number of nitrogens with zero attached hydrogens (tertiary/aromatic N) is 3. The molecule has 0 bridgehead atoms. The van der Waals surface area contributed by atoms with Crippen LogP contribution in [0.2, 0.25) is 5.02 Å². The number of carbonyl (C=O) groups excluding carboxylic acids is 1. The summed E-state index contributed by atoms with van der Waals surface area (Å²) in [6.07, 6.45) is 2.44. The van der Waals surface area contributed by atoms with Gasteiger partial charge < -0.3 is 10.1 Å². The highest BCUT2D eigenvalue weighted by Gasteiger charge is 2.20. The number of anilines is 1. The van der Waals surface area contributed by atoms with Gasteiger partial charge in [0.1, 0.15) is 5.75 Å². The van der Waals surface area contributed by atoms with Crippen LogP contribution in [0.1, 0.15) is 36.9 Å². The van der Waals surface area contributed by atoms with Gasteiger partial charge in [0.2, 0.25) is 5.91 Å². The Morgan fingerprint density at radius 1 is 1.28 bits per heavy atom. The molecule has 168 valence electrons. The first-order chi connectivity index (χ1) is 15.4. The Bertz CT molecular complexity index is 1080. The lowest BCUT2D eigenvalue weighted by Crippen LogP contribution is -2.16. The summed E-state index contributed by atoms with van der Waals surface area (Å²) in [5.74, 6) is 1.50. The van der Waals surface area contributed by atoms with Crippen LogP contribution >= 0.6 is 23.4 Å². The number of allylic oxidation sites excluding steroid dienone is 1. The van der Waals surface area contributed by atoms with Crippen LogP contribution in [-0.2, 0) is 17.8 Å². The Morgan fingerprint density at radius 3 is 2.72 bits per heavy atom. The van der Waals surface area contributed by atoms with Gasteiger partial charge in [-0.05, 0) is 55.7 Å². The van der Waals surface area contributed by atoms with Crippen LogP contribution < -0.4 is 10.1 Å². The summed E-state index contributed by atoms with van der Waals surface area (Å²) in [7, 11) is 0. The number of hydrogen-bond donors (Lipinski definition) is 1. The molecule has 32 heavy (non-hydrogen) atoms. The molecule has 0 radical (unpaired) electrons. The van der Waals surface area contributed by atoms with E-state index < -0.39 is 0 Å². The fraction of sp³-hybridized carbons (Fsp3) is 0.292. The van der Waals surface area contributed by atoms with E-state index in [1.807, 2.05) is 42.7 Å². The zero-order chi connectivity index (χ0) is 23.1. The summed E-state index contributed by atoms with van der Waals surface area (Å²) in [6, 6.07) is 13.5. The SMILES string of the molecule is C=CCn1c(SCC(=O)Nc2cccc(Cl)c2C)nnc1C(C)Oc1ccc(CC)cc1. The van der Waals surface area contributed by atoms with E-state index in [2.05, 4.69) is 41.1 Å². The topological polar surface area (TPSA) is 69.0 Å². The number of carbonyl (C=O) groups is 1. The molecule has 0 saturated heterocycles. The standard InChI is InChI=1S/C24H27ClN4O2S/c1-5-14-29-23(17(4)31-19-12-10-18(6-2)11-13-19)27-28-24(29)32-15-22(30)26-21-9-7-8-20(25)16(21)3/h5,7-13,17H,1,6,14-15H2,2-4H3,(H,26,30). The molecule has 2 aromatic carbocycles. The predicted octanol–water partition coefficient (Wildman–Crippen LogP) is 5.86. The van der Waals surface area contributed by atoms with Crippen LogP contribution in [-0.4, -0.2) is 26.4 Å². The highest BCUT2D eigenvalue weighted by Crippen LogP contribution is 2.26. The Hall–Kier alpha value is -2.77. The van der Waals surface area contributed by atoms with Crippen molar-refractivity contribution in [3.63, 3.8) is 0 Å². The van der Waals surface area contributed by atoms with E-state index in [9.17, 15) is 4.79 Å². The molecule has 1 aromatic heterocycles. The molecule has 8 heteroatoms. The summed E-state index contributed by atoms with van der Waals surface area (Å²) in [5.41, 5.74) is 2.79. The normalized spacial score (nSPS) is 11.8. The maximum absolute atomic E-state index is 12.5. The largest absolute Gasteiger partial charge is 0.483 e. The minimum Gasteiger partial charge on any atom is -0.483 e. The molecule has 1 heterocycles. The number of hydrogen-bond acceptors (Lipinski definition) is 5. The van der Waals surface area contributed by atoms with E-state index in [4.69, 9.17) is 16.3 Å². The van der Waals surface area contributed by atoms with E-state index in [1.165, 1.54) is 17.3 Å². The van der Waals surface area contributed by atoms with Gasteiger partial charge in [0.25, 0.3) is 0 Å². The van der Waals surface area contributed by atoms with Gasteiger partial charge in [-0.1, -0.05) is 54.6 Å². The number of aryl methyl sites for hydroxylation is 1. The summed E-state index contributed by atoms with van der Waals surface area (Å²) in [6.45, 7) is 10.3. The van der Waals surface area contributed by atoms with Crippen molar-refractivity contribution in [3.05, 3.63) is 77.1 Å². The van der Waals surface area contributed by atoms with Crippen LogP contribution in [0.5, 0.6) is 5.75 Å². The van der Waals surface area contributed by atoms with Crippen LogP contribution in [0, 0.1) is 6.92 Å². The lowest BCUT2D eigenvalue weighted by Gasteiger charge is -2.16. The fourth-order valence-electron chi connectivity index (χ4n) is 3.13. The van der Waals surface area contributed by atoms with Gasteiger partial charge in [0.15, 0.2) is 17.1 Å². The van der Waals surface area contributed by atoms with Gasteiger partial charge in [-0.25, -0.2) is 0 Å². The quantitative estimate of drug-likeness (QED) is 0.297.